The van der Waals surface area contributed by atoms with Crippen molar-refractivity contribution in [3.63, 3.8) is 0 Å². The van der Waals surface area contributed by atoms with Crippen LogP contribution in [0.5, 0.6) is 0 Å². The summed E-state index contributed by atoms with van der Waals surface area (Å²) in [4.78, 5) is 52.7. The first-order valence-electron chi connectivity index (χ1n) is 38.0. The van der Waals surface area contributed by atoms with Crippen LogP contribution in [0.4, 0.5) is 19.2 Å². The van der Waals surface area contributed by atoms with Gasteiger partial charge in [0.25, 0.3) is 0 Å². The maximum atomic E-state index is 12.1. The van der Waals surface area contributed by atoms with Crippen molar-refractivity contribution in [1.29, 1.82) is 0 Å². The molecule has 14 rings (SSSR count). The van der Waals surface area contributed by atoms with Crippen LogP contribution in [0.25, 0.3) is 0 Å². The molecule has 5 N–H and O–H groups in total. The monoisotopic (exact) mass is 1670 g/mol. The van der Waals surface area contributed by atoms with Gasteiger partial charge in [0.05, 0.1) is 74.6 Å². The van der Waals surface area contributed by atoms with E-state index >= 15 is 0 Å². The van der Waals surface area contributed by atoms with E-state index < -0.39 is 41.1 Å². The SMILES string of the molecule is C1=CCNCC1.CC1(C)O[C@H]2CCN(C(=O)OCc3ccccc3)C[C@H]2O1.CC1(C)O[C@H]2CCNC[C@H]2O1.COC(C)(C)OC.C[C@@H](O)CN1CC[C@@H]2OC(C)(C)O[C@@H]2C1.C[C@@H]1CO1.O=C(Cl)OCc1ccccc1.O=C(OCc1ccccc1)N1CC=CCC1.O=C(OCc1ccccc1)N1CC[C@H](O)[C@H](O)C1.[CH3-].[Pd]. The number of amides is 3. The van der Waals surface area contributed by atoms with Crippen LogP contribution >= 0.6 is 11.6 Å². The van der Waals surface area contributed by atoms with Crippen molar-refractivity contribution in [2.75, 3.05) is 106 Å². The van der Waals surface area contributed by atoms with Gasteiger partial charge in [0.2, 0.25) is 0 Å². The average molecular weight is 1670 g/mol. The Kier molecular flexibility index (Phi) is 44.8. The van der Waals surface area contributed by atoms with Crippen molar-refractivity contribution >= 4 is 35.3 Å². The van der Waals surface area contributed by atoms with Gasteiger partial charge in [-0.05, 0) is 143 Å². The second-order valence-electron chi connectivity index (χ2n) is 29.4. The summed E-state index contributed by atoms with van der Waals surface area (Å²) in [5.74, 6) is -1.77. The number of carbonyl (C=O) groups excluding carboxylic acids is 4. The fourth-order valence-corrected chi connectivity index (χ4v) is 12.2. The maximum Gasteiger partial charge on any atom is 0.410 e. The summed E-state index contributed by atoms with van der Waals surface area (Å²) in [5.41, 5.74) is 3.09. The van der Waals surface area contributed by atoms with Gasteiger partial charge in [-0.2, -0.15) is 0 Å². The number of ether oxygens (including phenoxy) is 13. The number of aliphatic hydroxyl groups excluding tert-OH is 3. The Morgan fingerprint density at radius 1 is 0.523 bits per heavy atom. The molecule has 0 bridgehead atoms. The minimum absolute atomic E-state index is 0. The Balaban J connectivity index is 0.000000271. The molecule has 8 saturated heterocycles. The Labute approximate surface area is 677 Å². The number of aliphatic hydroxyl groups is 3. The van der Waals surface area contributed by atoms with Crippen molar-refractivity contribution in [2.45, 2.75) is 218 Å². The molecule has 10 heterocycles. The quantitative estimate of drug-likeness (QED) is 0.0167. The fourth-order valence-electron chi connectivity index (χ4n) is 12.2. The number of rotatable bonds is 12. The number of hydrogen-bond donors (Lipinski definition) is 5. The average Bonchev–Trinajstić information content (AvgIpc) is 1.78. The summed E-state index contributed by atoms with van der Waals surface area (Å²) in [7, 11) is 3.23. The van der Waals surface area contributed by atoms with Crippen molar-refractivity contribution in [2.24, 2.45) is 0 Å². The van der Waals surface area contributed by atoms with Gasteiger partial charge in [0.15, 0.2) is 23.1 Å². The van der Waals surface area contributed by atoms with Crippen molar-refractivity contribution in [1.82, 2.24) is 30.2 Å². The minimum atomic E-state index is -0.886. The van der Waals surface area contributed by atoms with E-state index in [0.717, 1.165) is 107 Å². The molecule has 0 aliphatic carbocycles. The second kappa shape index (κ2) is 51.1. The van der Waals surface area contributed by atoms with E-state index in [1.54, 1.807) is 24.0 Å². The number of halogens is 1. The van der Waals surface area contributed by atoms with E-state index in [1.807, 2.05) is 190 Å². The third-order valence-electron chi connectivity index (χ3n) is 18.2. The zero-order chi connectivity index (χ0) is 79.2. The normalized spacial score (nSPS) is 24.6. The van der Waals surface area contributed by atoms with E-state index in [9.17, 15) is 34.5 Å². The van der Waals surface area contributed by atoms with Gasteiger partial charge in [-0.1, -0.05) is 146 Å². The summed E-state index contributed by atoms with van der Waals surface area (Å²) >= 11 is 4.97. The van der Waals surface area contributed by atoms with E-state index in [2.05, 4.69) is 45.4 Å². The molecule has 28 heteroatoms. The minimum Gasteiger partial charge on any atom is -0.449 e. The Bertz CT molecular complexity index is 3250. The predicted octanol–water partition coefficient (Wildman–Crippen LogP) is 11.9. The van der Waals surface area contributed by atoms with Gasteiger partial charge in [0.1, 0.15) is 32.5 Å². The smallest absolute Gasteiger partial charge is 0.410 e. The number of likely N-dealkylation sites (tertiary alicyclic amines) is 3. The van der Waals surface area contributed by atoms with Gasteiger partial charge in [-0.3, -0.25) is 4.90 Å². The van der Waals surface area contributed by atoms with E-state index in [-0.39, 0.29) is 102 Å². The molecule has 8 fully saturated rings. The number of hydrogen-bond acceptors (Lipinski definition) is 23. The first-order valence-corrected chi connectivity index (χ1v) is 38.4. The third-order valence-corrected chi connectivity index (χ3v) is 18.3. The van der Waals surface area contributed by atoms with Crippen LogP contribution in [-0.2, 0) is 108 Å². The number of nitrogens with zero attached hydrogens (tertiary/aromatic N) is 4. The molecule has 3 amide bonds. The van der Waals surface area contributed by atoms with Crippen LogP contribution in [-0.4, -0.2) is 249 Å². The zero-order valence-corrected chi connectivity index (χ0v) is 69.7. The molecule has 10 aliphatic rings. The summed E-state index contributed by atoms with van der Waals surface area (Å²) in [6.07, 6.45) is 12.6. The molecule has 0 radical (unpaired) electrons. The predicted molar refractivity (Wildman–Crippen MR) is 420 cm³/mol. The largest absolute Gasteiger partial charge is 0.449 e. The van der Waals surface area contributed by atoms with Gasteiger partial charge < -0.3 is 110 Å². The summed E-state index contributed by atoms with van der Waals surface area (Å²) in [5, 5.41) is 34.7. The molecular formula is C83H126ClN6O20Pd-. The molecular weight excluding hydrogens is 1540 g/mol. The third kappa shape index (κ3) is 39.7. The van der Waals surface area contributed by atoms with Crippen molar-refractivity contribution < 1.29 is 116 Å². The molecule has 4 aromatic carbocycles. The molecule has 0 spiro atoms. The van der Waals surface area contributed by atoms with Crippen LogP contribution in [0.3, 0.4) is 0 Å². The molecule has 10 atom stereocenters. The van der Waals surface area contributed by atoms with Gasteiger partial charge in [-0.25, -0.2) is 19.2 Å². The van der Waals surface area contributed by atoms with E-state index in [0.29, 0.717) is 58.0 Å². The Morgan fingerprint density at radius 3 is 1.30 bits per heavy atom. The number of benzene rings is 4. The van der Waals surface area contributed by atoms with Crippen LogP contribution in [0.1, 0.15) is 130 Å². The molecule has 4 aromatic rings. The second-order valence-corrected chi connectivity index (χ2v) is 29.7. The summed E-state index contributed by atoms with van der Waals surface area (Å²) in [6, 6.07) is 38.2. The van der Waals surface area contributed by atoms with Crippen LogP contribution in [0, 0.1) is 7.43 Å². The van der Waals surface area contributed by atoms with Crippen LogP contribution in [0.2, 0.25) is 0 Å². The number of nitrogens with one attached hydrogen (secondary N) is 2. The van der Waals surface area contributed by atoms with Crippen LogP contribution < -0.4 is 10.6 Å². The van der Waals surface area contributed by atoms with Gasteiger partial charge in [0, 0.05) is 105 Å². The maximum absolute atomic E-state index is 12.1. The Hall–Kier alpha value is -6.01. The molecule has 626 valence electrons. The standard InChI is InChI=1S/C16H21NO4.C13H17NO4.C13H15NO2.C11H21NO3.C8H7ClO2.C8H15NO2.C5H9N.C5H12O2.C3H6O.CH3.Pd/c1-16(2)20-13-8-9-17(10-14(13)21-16)15(18)19-11-12-6-4-3-5-7-12;15-11-6-7-14(8-12(11)16)13(17)18-9-10-4-2-1-3-5-10;15-13(14-9-5-2-6-10-14)16-11-12-7-3-1-4-8-12;1-8(13)6-12-5-4-9-10(7-12)15-11(2,3)14-9;9-8(10)11-6-7-4-2-1-3-5-7;1-8(2)10-6-3-4-9-5-7(6)11-8;1-2-4-6-5-3-1;1-5(2,6-3)7-4;1-3-2-4-3;;/h3-7,13-14H,8-11H2,1-2H3;1-5,11-12,15-16H,6-9H2;1-5,7-8H,6,9-11H2;8-10,13H,4-7H2,1-3H3;1-5H,6H2;6-7,9H,3-5H2,1-2H3;1-2,6H,3-5H2;1-4H3;3H,2H2,1H3;1H3;/q;;;;;;;;;-1;/t13-,14+;11-,12+;;8-,9+,10-;;6-,7+;;;3-;;/m00.1.0..1../s1. The van der Waals surface area contributed by atoms with Crippen LogP contribution in [0.15, 0.2) is 146 Å². The number of methoxy groups -OCH3 is 2. The van der Waals surface area contributed by atoms with Gasteiger partial charge in [-0.15, -0.1) is 0 Å². The van der Waals surface area contributed by atoms with E-state index in [4.69, 9.17) is 68.4 Å². The first-order chi connectivity index (χ1) is 52.0. The first kappa shape index (κ1) is 97.4. The molecule has 111 heavy (non-hydrogen) atoms. The van der Waals surface area contributed by atoms with Crippen molar-refractivity contribution in [3.05, 3.63) is 175 Å². The summed E-state index contributed by atoms with van der Waals surface area (Å²) in [6.45, 7) is 31.3. The number of fused-ring (bicyclic) bond motifs is 3. The zero-order valence-electron chi connectivity index (χ0n) is 67.4. The van der Waals surface area contributed by atoms with Gasteiger partial charge >= 0.3 is 23.7 Å². The number of β-amino-alcohol motifs (C(OH)–C–C–N with tert-alkyl or cyclic N) is 2. The number of epoxide rings is 1. The molecule has 0 aromatic heterocycles. The molecule has 26 nitrogen and oxygen atoms in total. The fraction of sp³-hybridized carbons (Fsp3) is 0.602. The number of piperidine rings is 4. The van der Waals surface area contributed by atoms with Crippen molar-refractivity contribution in [3.8, 4) is 0 Å². The van der Waals surface area contributed by atoms with E-state index in [1.165, 1.54) is 11.3 Å². The summed E-state index contributed by atoms with van der Waals surface area (Å²) < 4.78 is 69.3. The molecule has 10 aliphatic heterocycles. The number of carbonyl (C=O) groups is 4. The Morgan fingerprint density at radius 2 is 0.928 bits per heavy atom. The molecule has 0 unspecified atom stereocenters. The topological polar surface area (TPSA) is 289 Å². The molecule has 0 saturated carbocycles.